The van der Waals surface area contributed by atoms with E-state index in [1.54, 1.807) is 11.7 Å². The maximum atomic E-state index is 11.1. The van der Waals surface area contributed by atoms with Crippen LogP contribution < -0.4 is 5.73 Å². The van der Waals surface area contributed by atoms with E-state index in [-0.39, 0.29) is 0 Å². The third-order valence-corrected chi connectivity index (χ3v) is 2.32. The molecule has 0 atom stereocenters. The Kier molecular flexibility index (Phi) is 1.77. The Bertz CT molecular complexity index is 513. The van der Waals surface area contributed by atoms with E-state index in [9.17, 15) is 4.79 Å². The molecular formula is C10H11N3O. The highest BCUT2D eigenvalue weighted by molar-refractivity contribution is 6.05. The first-order valence-corrected chi connectivity index (χ1v) is 4.33. The van der Waals surface area contributed by atoms with Crippen LogP contribution in [-0.2, 0) is 7.05 Å². The Hall–Kier alpha value is -1.84. The maximum Gasteiger partial charge on any atom is 0.269 e. The Morgan fingerprint density at radius 3 is 2.86 bits per heavy atom. The van der Waals surface area contributed by atoms with Gasteiger partial charge in [0.1, 0.15) is 0 Å². The summed E-state index contributed by atoms with van der Waals surface area (Å²) in [4.78, 5) is 11.1. The first kappa shape index (κ1) is 8.74. The summed E-state index contributed by atoms with van der Waals surface area (Å²) < 4.78 is 1.67. The van der Waals surface area contributed by atoms with E-state index in [0.29, 0.717) is 5.69 Å². The number of rotatable bonds is 1. The number of carbonyl (C=O) groups is 1. The number of aryl methyl sites for hydroxylation is 2. The van der Waals surface area contributed by atoms with Gasteiger partial charge in [-0.1, -0.05) is 12.1 Å². The number of primary amides is 1. The van der Waals surface area contributed by atoms with Crippen LogP contribution >= 0.6 is 0 Å². The number of hydrogen-bond acceptors (Lipinski definition) is 2. The lowest BCUT2D eigenvalue weighted by Gasteiger charge is -1.96. The van der Waals surface area contributed by atoms with Crippen LogP contribution in [0.5, 0.6) is 0 Å². The molecule has 0 unspecified atom stereocenters. The molecule has 0 bridgehead atoms. The molecule has 2 rings (SSSR count). The minimum Gasteiger partial charge on any atom is -0.364 e. The summed E-state index contributed by atoms with van der Waals surface area (Å²) in [5.41, 5.74) is 7.54. The van der Waals surface area contributed by atoms with Gasteiger partial charge in [-0.15, -0.1) is 0 Å². The highest BCUT2D eigenvalue weighted by Crippen LogP contribution is 2.21. The fourth-order valence-corrected chi connectivity index (χ4v) is 1.66. The van der Waals surface area contributed by atoms with Crippen LogP contribution in [-0.4, -0.2) is 15.7 Å². The quantitative estimate of drug-likeness (QED) is 0.726. The van der Waals surface area contributed by atoms with Gasteiger partial charge in [0.15, 0.2) is 5.69 Å². The molecular weight excluding hydrogens is 178 g/mol. The number of fused-ring (bicyclic) bond motifs is 1. The molecule has 0 aliphatic rings. The Morgan fingerprint density at radius 2 is 2.21 bits per heavy atom. The van der Waals surface area contributed by atoms with Gasteiger partial charge in [0.2, 0.25) is 0 Å². The average Bonchev–Trinajstić information content (AvgIpc) is 2.46. The molecule has 14 heavy (non-hydrogen) atoms. The molecule has 0 fully saturated rings. The molecule has 1 aromatic heterocycles. The second kappa shape index (κ2) is 2.83. The molecule has 0 saturated carbocycles. The van der Waals surface area contributed by atoms with Crippen molar-refractivity contribution in [3.05, 3.63) is 29.5 Å². The van der Waals surface area contributed by atoms with Crippen molar-refractivity contribution >= 4 is 16.8 Å². The van der Waals surface area contributed by atoms with Crippen molar-refractivity contribution in [3.63, 3.8) is 0 Å². The lowest BCUT2D eigenvalue weighted by atomic mass is 10.1. The molecule has 0 radical (unpaired) electrons. The molecule has 1 heterocycles. The largest absolute Gasteiger partial charge is 0.364 e. The van der Waals surface area contributed by atoms with Crippen molar-refractivity contribution in [2.24, 2.45) is 12.8 Å². The van der Waals surface area contributed by atoms with E-state index in [1.807, 2.05) is 25.1 Å². The Labute approximate surface area is 81.3 Å². The molecule has 4 heteroatoms. The number of benzene rings is 1. The number of amides is 1. The predicted molar refractivity (Wildman–Crippen MR) is 54.0 cm³/mol. The van der Waals surface area contributed by atoms with Gasteiger partial charge in [-0.05, 0) is 18.6 Å². The van der Waals surface area contributed by atoms with Crippen LogP contribution in [0.4, 0.5) is 0 Å². The first-order valence-electron chi connectivity index (χ1n) is 4.33. The summed E-state index contributed by atoms with van der Waals surface area (Å²) in [6, 6.07) is 5.79. The van der Waals surface area contributed by atoms with E-state index >= 15 is 0 Å². The van der Waals surface area contributed by atoms with Crippen LogP contribution in [0.3, 0.4) is 0 Å². The number of aromatic nitrogens is 2. The van der Waals surface area contributed by atoms with Crippen LogP contribution in [0.25, 0.3) is 10.9 Å². The topological polar surface area (TPSA) is 60.9 Å². The molecule has 0 saturated heterocycles. The number of nitrogens with two attached hydrogens (primary N) is 1. The lowest BCUT2D eigenvalue weighted by molar-refractivity contribution is 0.0996. The van der Waals surface area contributed by atoms with E-state index in [2.05, 4.69) is 5.10 Å². The van der Waals surface area contributed by atoms with Crippen LogP contribution in [0.15, 0.2) is 18.2 Å². The molecule has 4 nitrogen and oxygen atoms in total. The Balaban J connectivity index is 2.93. The fraction of sp³-hybridized carbons (Fsp3) is 0.200. The Morgan fingerprint density at radius 1 is 1.50 bits per heavy atom. The third kappa shape index (κ3) is 1.08. The normalized spacial score (nSPS) is 10.7. The van der Waals surface area contributed by atoms with E-state index < -0.39 is 5.91 Å². The molecule has 2 N–H and O–H groups in total. The highest BCUT2D eigenvalue weighted by Gasteiger charge is 2.14. The highest BCUT2D eigenvalue weighted by atomic mass is 16.1. The smallest absolute Gasteiger partial charge is 0.269 e. The van der Waals surface area contributed by atoms with Crippen molar-refractivity contribution in [3.8, 4) is 0 Å². The van der Waals surface area contributed by atoms with Crippen molar-refractivity contribution in [1.82, 2.24) is 9.78 Å². The summed E-state index contributed by atoms with van der Waals surface area (Å²) in [5, 5.41) is 4.94. The van der Waals surface area contributed by atoms with Gasteiger partial charge in [-0.2, -0.15) is 5.10 Å². The SMILES string of the molecule is Cc1cccc2c1c(C(N)=O)nn2C. The van der Waals surface area contributed by atoms with Crippen LogP contribution in [0.1, 0.15) is 16.1 Å². The van der Waals surface area contributed by atoms with E-state index in [4.69, 9.17) is 5.73 Å². The molecule has 0 aliphatic carbocycles. The minimum atomic E-state index is -0.482. The summed E-state index contributed by atoms with van der Waals surface area (Å²) in [7, 11) is 1.80. The van der Waals surface area contributed by atoms with E-state index in [1.165, 1.54) is 0 Å². The van der Waals surface area contributed by atoms with Gasteiger partial charge in [-0.25, -0.2) is 0 Å². The van der Waals surface area contributed by atoms with Crippen molar-refractivity contribution in [2.75, 3.05) is 0 Å². The maximum absolute atomic E-state index is 11.1. The zero-order chi connectivity index (χ0) is 10.3. The average molecular weight is 189 g/mol. The molecule has 72 valence electrons. The molecule has 1 aromatic carbocycles. The molecule has 0 aliphatic heterocycles. The summed E-state index contributed by atoms with van der Waals surface area (Å²) >= 11 is 0. The summed E-state index contributed by atoms with van der Waals surface area (Å²) in [6.45, 7) is 1.94. The first-order chi connectivity index (χ1) is 6.61. The predicted octanol–water partition coefficient (Wildman–Crippen LogP) is 0.981. The standard InChI is InChI=1S/C10H11N3O/c1-6-4-3-5-7-8(6)9(10(11)14)12-13(7)2/h3-5H,1-2H3,(H2,11,14). The van der Waals surface area contributed by atoms with Gasteiger partial charge < -0.3 is 5.73 Å². The van der Waals surface area contributed by atoms with Crippen LogP contribution in [0, 0.1) is 6.92 Å². The fourth-order valence-electron chi connectivity index (χ4n) is 1.66. The zero-order valence-electron chi connectivity index (χ0n) is 8.11. The summed E-state index contributed by atoms with van der Waals surface area (Å²) in [5.74, 6) is -0.482. The summed E-state index contributed by atoms with van der Waals surface area (Å²) in [6.07, 6.45) is 0. The van der Waals surface area contributed by atoms with Crippen LogP contribution in [0.2, 0.25) is 0 Å². The van der Waals surface area contributed by atoms with Gasteiger partial charge in [0, 0.05) is 12.4 Å². The monoisotopic (exact) mass is 189 g/mol. The van der Waals surface area contributed by atoms with Crippen molar-refractivity contribution in [1.29, 1.82) is 0 Å². The number of hydrogen-bond donors (Lipinski definition) is 1. The number of carbonyl (C=O) groups excluding carboxylic acids is 1. The molecule has 1 amide bonds. The van der Waals surface area contributed by atoms with Crippen molar-refractivity contribution in [2.45, 2.75) is 6.92 Å². The molecule has 2 aromatic rings. The minimum absolute atomic E-state index is 0.348. The lowest BCUT2D eigenvalue weighted by Crippen LogP contribution is -2.12. The van der Waals surface area contributed by atoms with Gasteiger partial charge in [0.25, 0.3) is 5.91 Å². The van der Waals surface area contributed by atoms with E-state index in [0.717, 1.165) is 16.5 Å². The second-order valence-electron chi connectivity index (χ2n) is 3.31. The van der Waals surface area contributed by atoms with Gasteiger partial charge in [0.05, 0.1) is 5.52 Å². The van der Waals surface area contributed by atoms with Crippen molar-refractivity contribution < 1.29 is 4.79 Å². The van der Waals surface area contributed by atoms with Gasteiger partial charge >= 0.3 is 0 Å². The number of nitrogens with zero attached hydrogens (tertiary/aromatic N) is 2. The second-order valence-corrected chi connectivity index (χ2v) is 3.31. The molecule has 0 spiro atoms. The zero-order valence-corrected chi connectivity index (χ0v) is 8.11. The van der Waals surface area contributed by atoms with Gasteiger partial charge in [-0.3, -0.25) is 9.48 Å². The third-order valence-electron chi connectivity index (χ3n) is 2.32.